The lowest BCUT2D eigenvalue weighted by Crippen LogP contribution is -2.42. The third kappa shape index (κ3) is 7.20. The number of aliphatic hydroxyl groups excluding tert-OH is 3. The smallest absolute Gasteiger partial charge is 0.114 e. The molecule has 3 N–H and O–H groups in total. The first kappa shape index (κ1) is 19.6. The molecule has 5 nitrogen and oxygen atoms in total. The van der Waals surface area contributed by atoms with E-state index >= 15 is 0 Å². The molecule has 0 amide bonds. The fourth-order valence-electron chi connectivity index (χ4n) is 2.59. The molecule has 0 aromatic carbocycles. The Morgan fingerprint density at radius 2 is 1.86 bits per heavy atom. The first-order valence-electron chi connectivity index (χ1n) is 8.55. The van der Waals surface area contributed by atoms with Crippen molar-refractivity contribution in [2.45, 2.75) is 76.3 Å². The zero-order chi connectivity index (χ0) is 16.2. The molecule has 0 saturated carbocycles. The van der Waals surface area contributed by atoms with Crippen molar-refractivity contribution < 1.29 is 24.8 Å². The van der Waals surface area contributed by atoms with Crippen LogP contribution in [0.15, 0.2) is 12.2 Å². The van der Waals surface area contributed by atoms with E-state index in [9.17, 15) is 10.2 Å². The van der Waals surface area contributed by atoms with E-state index in [4.69, 9.17) is 14.6 Å². The van der Waals surface area contributed by atoms with Gasteiger partial charge in [0.05, 0.1) is 13.2 Å². The molecule has 0 bridgehead atoms. The minimum atomic E-state index is -1.01. The average Bonchev–Trinajstić information content (AvgIpc) is 2.89. The number of aliphatic hydroxyl groups is 3. The first-order chi connectivity index (χ1) is 10.7. The molecule has 0 radical (unpaired) electrons. The predicted molar refractivity (Wildman–Crippen MR) is 85.7 cm³/mol. The molecule has 1 aliphatic rings. The number of ether oxygens (including phenoxy) is 2. The Morgan fingerprint density at radius 1 is 1.18 bits per heavy atom. The summed E-state index contributed by atoms with van der Waals surface area (Å²) in [6.07, 6.45) is 9.52. The molecule has 0 spiro atoms. The van der Waals surface area contributed by atoms with Crippen molar-refractivity contribution in [3.8, 4) is 0 Å². The summed E-state index contributed by atoms with van der Waals surface area (Å²) in [4.78, 5) is 0. The van der Waals surface area contributed by atoms with Gasteiger partial charge in [-0.25, -0.2) is 0 Å². The number of hydrogen-bond acceptors (Lipinski definition) is 5. The summed E-state index contributed by atoms with van der Waals surface area (Å²) >= 11 is 0. The van der Waals surface area contributed by atoms with E-state index in [0.29, 0.717) is 6.61 Å². The maximum Gasteiger partial charge on any atom is 0.114 e. The standard InChI is InChI=1S/C17H32O5/c1-2-3-4-5-6-7-8-9-10-11-21-17-15(20)13-22-16(17)14(19)12-18/h6-7,14-20H,2-5,8-13H2,1H3/b7-6+/t14-,15+,16-,17-/m1/s1. The number of hydrogen-bond donors (Lipinski definition) is 3. The highest BCUT2D eigenvalue weighted by Gasteiger charge is 2.40. The summed E-state index contributed by atoms with van der Waals surface area (Å²) in [5.74, 6) is 0. The van der Waals surface area contributed by atoms with Crippen molar-refractivity contribution in [2.75, 3.05) is 19.8 Å². The van der Waals surface area contributed by atoms with Gasteiger partial charge >= 0.3 is 0 Å². The number of unbranched alkanes of at least 4 members (excludes halogenated alkanes) is 5. The molecule has 0 aromatic rings. The van der Waals surface area contributed by atoms with Crippen molar-refractivity contribution in [1.82, 2.24) is 0 Å². The van der Waals surface area contributed by atoms with Crippen LogP contribution in [0.1, 0.15) is 51.9 Å². The summed E-state index contributed by atoms with van der Waals surface area (Å²) in [5.41, 5.74) is 0. The van der Waals surface area contributed by atoms with Gasteiger partial charge < -0.3 is 24.8 Å². The minimum Gasteiger partial charge on any atom is -0.394 e. The Hall–Kier alpha value is -0.460. The molecule has 1 heterocycles. The Labute approximate surface area is 133 Å². The Kier molecular flexibility index (Phi) is 10.7. The summed E-state index contributed by atoms with van der Waals surface area (Å²) < 4.78 is 10.9. The van der Waals surface area contributed by atoms with E-state index in [1.54, 1.807) is 0 Å². The first-order valence-corrected chi connectivity index (χ1v) is 8.55. The Morgan fingerprint density at radius 3 is 2.50 bits per heavy atom. The normalized spacial score (nSPS) is 26.8. The lowest BCUT2D eigenvalue weighted by atomic mass is 10.1. The summed E-state index contributed by atoms with van der Waals surface area (Å²) in [6, 6.07) is 0. The van der Waals surface area contributed by atoms with Crippen LogP contribution in [0.5, 0.6) is 0 Å². The minimum absolute atomic E-state index is 0.146. The van der Waals surface area contributed by atoms with Crippen molar-refractivity contribution >= 4 is 0 Å². The van der Waals surface area contributed by atoms with Gasteiger partial charge in [0.15, 0.2) is 0 Å². The molecule has 1 rings (SSSR count). The quantitative estimate of drug-likeness (QED) is 0.378. The van der Waals surface area contributed by atoms with Gasteiger partial charge in [0.1, 0.15) is 24.4 Å². The second kappa shape index (κ2) is 12.0. The van der Waals surface area contributed by atoms with Crippen molar-refractivity contribution in [1.29, 1.82) is 0 Å². The highest BCUT2D eigenvalue weighted by Crippen LogP contribution is 2.21. The molecule has 1 aliphatic heterocycles. The van der Waals surface area contributed by atoms with Gasteiger partial charge in [-0.05, 0) is 32.1 Å². The molecule has 22 heavy (non-hydrogen) atoms. The number of allylic oxidation sites excluding steroid dienone is 2. The molecule has 5 heteroatoms. The number of rotatable bonds is 12. The highest BCUT2D eigenvalue weighted by molar-refractivity contribution is 4.89. The molecular formula is C17H32O5. The van der Waals surface area contributed by atoms with Crippen LogP contribution in [0.3, 0.4) is 0 Å². The zero-order valence-corrected chi connectivity index (χ0v) is 13.7. The monoisotopic (exact) mass is 316 g/mol. The van der Waals surface area contributed by atoms with Crippen molar-refractivity contribution in [2.24, 2.45) is 0 Å². The third-order valence-corrected chi connectivity index (χ3v) is 3.95. The van der Waals surface area contributed by atoms with E-state index < -0.39 is 24.4 Å². The molecule has 0 aromatic heterocycles. The third-order valence-electron chi connectivity index (χ3n) is 3.95. The van der Waals surface area contributed by atoms with Gasteiger partial charge in [0.25, 0.3) is 0 Å². The molecule has 0 unspecified atom stereocenters. The van der Waals surface area contributed by atoms with Gasteiger partial charge in [-0.3, -0.25) is 0 Å². The SMILES string of the molecule is CCCCC/C=C/CCCCO[C@H]1[C@@H]([C@H](O)CO)OC[C@@H]1O. The van der Waals surface area contributed by atoms with E-state index in [1.165, 1.54) is 19.3 Å². The largest absolute Gasteiger partial charge is 0.394 e. The van der Waals surface area contributed by atoms with E-state index in [-0.39, 0.29) is 13.2 Å². The van der Waals surface area contributed by atoms with Crippen LogP contribution in [0.4, 0.5) is 0 Å². The van der Waals surface area contributed by atoms with E-state index in [2.05, 4.69) is 19.1 Å². The average molecular weight is 316 g/mol. The summed E-state index contributed by atoms with van der Waals surface area (Å²) in [6.45, 7) is 2.50. The van der Waals surface area contributed by atoms with Gasteiger partial charge in [-0.15, -0.1) is 0 Å². The highest BCUT2D eigenvalue weighted by atomic mass is 16.6. The molecule has 1 saturated heterocycles. The van der Waals surface area contributed by atoms with Gasteiger partial charge in [-0.2, -0.15) is 0 Å². The second-order valence-electron chi connectivity index (χ2n) is 5.91. The van der Waals surface area contributed by atoms with Crippen molar-refractivity contribution in [3.63, 3.8) is 0 Å². The predicted octanol–water partition coefficient (Wildman–Crippen LogP) is 1.79. The van der Waals surface area contributed by atoms with Crippen LogP contribution in [-0.2, 0) is 9.47 Å². The lowest BCUT2D eigenvalue weighted by Gasteiger charge is -2.23. The Balaban J connectivity index is 2.08. The molecular weight excluding hydrogens is 284 g/mol. The maximum atomic E-state index is 9.79. The molecule has 1 fully saturated rings. The van der Waals surface area contributed by atoms with Crippen LogP contribution < -0.4 is 0 Å². The van der Waals surface area contributed by atoms with Crippen LogP contribution >= 0.6 is 0 Å². The van der Waals surface area contributed by atoms with Crippen molar-refractivity contribution in [3.05, 3.63) is 12.2 Å². The molecule has 0 aliphatic carbocycles. The van der Waals surface area contributed by atoms with Gasteiger partial charge in [0, 0.05) is 6.61 Å². The fraction of sp³-hybridized carbons (Fsp3) is 0.882. The summed E-state index contributed by atoms with van der Waals surface area (Å²) in [7, 11) is 0. The zero-order valence-electron chi connectivity index (χ0n) is 13.7. The van der Waals surface area contributed by atoms with Crippen LogP contribution in [0, 0.1) is 0 Å². The maximum absolute atomic E-state index is 9.79. The molecule has 130 valence electrons. The van der Waals surface area contributed by atoms with Crippen LogP contribution in [-0.4, -0.2) is 59.6 Å². The van der Waals surface area contributed by atoms with E-state index in [1.807, 2.05) is 0 Å². The fourth-order valence-corrected chi connectivity index (χ4v) is 2.59. The van der Waals surface area contributed by atoms with E-state index in [0.717, 1.165) is 25.7 Å². The van der Waals surface area contributed by atoms with Gasteiger partial charge in [0.2, 0.25) is 0 Å². The van der Waals surface area contributed by atoms with Crippen LogP contribution in [0.25, 0.3) is 0 Å². The van der Waals surface area contributed by atoms with Crippen LogP contribution in [0.2, 0.25) is 0 Å². The lowest BCUT2D eigenvalue weighted by molar-refractivity contribution is -0.0937. The summed E-state index contributed by atoms with van der Waals surface area (Å²) in [5, 5.41) is 28.4. The topological polar surface area (TPSA) is 79.2 Å². The Bertz CT molecular complexity index is 295. The van der Waals surface area contributed by atoms with Gasteiger partial charge in [-0.1, -0.05) is 31.9 Å². The second-order valence-corrected chi connectivity index (χ2v) is 5.91. The molecule has 4 atom stereocenters.